The highest BCUT2D eigenvalue weighted by Crippen LogP contribution is 2.14. The van der Waals surface area contributed by atoms with Crippen LogP contribution in [0.5, 0.6) is 0 Å². The molecule has 1 rings (SSSR count). The Hall–Kier alpha value is -0.220. The summed E-state index contributed by atoms with van der Waals surface area (Å²) in [5.41, 5.74) is 5.63. The molecule has 1 aliphatic rings. The quantitative estimate of drug-likeness (QED) is 0.624. The minimum atomic E-state index is -4.30. The molecule has 1 fully saturated rings. The molecule has 0 heterocycles. The molecule has 0 unspecified atom stereocenters. The molecule has 17 heavy (non-hydrogen) atoms. The zero-order valence-electron chi connectivity index (χ0n) is 9.45. The summed E-state index contributed by atoms with van der Waals surface area (Å²) in [6.07, 6.45) is 6.66. The SMILES string of the molecule is NC1CCCCC1.O=S(=O)(O)CCS(=O)(=O)O. The molecule has 9 heteroatoms. The molecule has 4 N–H and O–H groups in total. The maximum Gasteiger partial charge on any atom is 0.265 e. The largest absolute Gasteiger partial charge is 0.328 e. The highest BCUT2D eigenvalue weighted by molar-refractivity contribution is 7.89. The molecule has 7 nitrogen and oxygen atoms in total. The zero-order valence-corrected chi connectivity index (χ0v) is 11.1. The molecule has 0 atom stereocenters. The van der Waals surface area contributed by atoms with Gasteiger partial charge in [-0.05, 0) is 12.8 Å². The van der Waals surface area contributed by atoms with Gasteiger partial charge in [0.25, 0.3) is 20.2 Å². The minimum absolute atomic E-state index is 0.536. The second kappa shape index (κ2) is 7.27. The highest BCUT2D eigenvalue weighted by atomic mass is 32.2. The van der Waals surface area contributed by atoms with Crippen molar-refractivity contribution in [3.8, 4) is 0 Å². The van der Waals surface area contributed by atoms with E-state index in [0.717, 1.165) is 0 Å². The molecule has 0 aliphatic heterocycles. The van der Waals surface area contributed by atoms with E-state index in [-0.39, 0.29) is 0 Å². The zero-order chi connectivity index (χ0) is 13.5. The van der Waals surface area contributed by atoms with E-state index >= 15 is 0 Å². The van der Waals surface area contributed by atoms with Crippen LogP contribution in [0.25, 0.3) is 0 Å². The van der Waals surface area contributed by atoms with Gasteiger partial charge in [-0.25, -0.2) is 0 Å². The van der Waals surface area contributed by atoms with Crippen LogP contribution in [0.2, 0.25) is 0 Å². The topological polar surface area (TPSA) is 135 Å². The Kier molecular flexibility index (Phi) is 7.17. The predicted octanol–water partition coefficient (Wildman–Crippen LogP) is 0.0398. The van der Waals surface area contributed by atoms with Gasteiger partial charge >= 0.3 is 0 Å². The second-order valence-electron chi connectivity index (χ2n) is 3.97. The second-order valence-corrected chi connectivity index (χ2v) is 7.11. The van der Waals surface area contributed by atoms with Gasteiger partial charge in [-0.2, -0.15) is 16.8 Å². The maximum atomic E-state index is 9.86. The molecule has 0 bridgehead atoms. The third-order valence-electron chi connectivity index (χ3n) is 2.25. The molecular formula is C8H19NO6S2. The number of hydrogen-bond donors (Lipinski definition) is 3. The van der Waals surface area contributed by atoms with E-state index in [1.54, 1.807) is 0 Å². The Morgan fingerprint density at radius 1 is 0.882 bits per heavy atom. The lowest BCUT2D eigenvalue weighted by atomic mass is 9.97. The van der Waals surface area contributed by atoms with Crippen LogP contribution >= 0.6 is 0 Å². The van der Waals surface area contributed by atoms with Crippen molar-refractivity contribution in [2.24, 2.45) is 5.73 Å². The molecule has 0 saturated heterocycles. The maximum absolute atomic E-state index is 9.86. The number of hydrogen-bond acceptors (Lipinski definition) is 5. The van der Waals surface area contributed by atoms with E-state index in [9.17, 15) is 16.8 Å². The van der Waals surface area contributed by atoms with E-state index in [0.29, 0.717) is 6.04 Å². The summed E-state index contributed by atoms with van der Waals surface area (Å²) in [4.78, 5) is 0. The van der Waals surface area contributed by atoms with Gasteiger partial charge in [0.2, 0.25) is 0 Å². The van der Waals surface area contributed by atoms with Crippen molar-refractivity contribution in [3.05, 3.63) is 0 Å². The molecule has 1 saturated carbocycles. The molecule has 0 amide bonds. The lowest BCUT2D eigenvalue weighted by Crippen LogP contribution is -2.22. The number of rotatable bonds is 3. The monoisotopic (exact) mass is 289 g/mol. The smallest absolute Gasteiger partial charge is 0.265 e. The third-order valence-corrected chi connectivity index (χ3v) is 3.95. The molecule has 0 radical (unpaired) electrons. The predicted molar refractivity (Wildman–Crippen MR) is 63.9 cm³/mol. The first kappa shape index (κ1) is 16.8. The van der Waals surface area contributed by atoms with Gasteiger partial charge in [0.1, 0.15) is 0 Å². The van der Waals surface area contributed by atoms with Crippen LogP contribution < -0.4 is 5.73 Å². The summed E-state index contributed by atoms with van der Waals surface area (Å²) in [5.74, 6) is -1.96. The van der Waals surface area contributed by atoms with Crippen molar-refractivity contribution in [2.75, 3.05) is 11.5 Å². The van der Waals surface area contributed by atoms with E-state index in [4.69, 9.17) is 14.8 Å². The van der Waals surface area contributed by atoms with Crippen LogP contribution in [0.3, 0.4) is 0 Å². The van der Waals surface area contributed by atoms with Crippen LogP contribution in [0.1, 0.15) is 32.1 Å². The Morgan fingerprint density at radius 2 is 1.24 bits per heavy atom. The Morgan fingerprint density at radius 3 is 1.41 bits per heavy atom. The van der Waals surface area contributed by atoms with Crippen molar-refractivity contribution in [1.82, 2.24) is 0 Å². The lowest BCUT2D eigenvalue weighted by Gasteiger charge is -2.15. The van der Waals surface area contributed by atoms with Crippen LogP contribution in [0.4, 0.5) is 0 Å². The van der Waals surface area contributed by atoms with Crippen LogP contribution in [-0.4, -0.2) is 43.5 Å². The average molecular weight is 289 g/mol. The molecule has 1 aliphatic carbocycles. The van der Waals surface area contributed by atoms with Gasteiger partial charge in [0, 0.05) is 6.04 Å². The van der Waals surface area contributed by atoms with Crippen molar-refractivity contribution in [2.45, 2.75) is 38.1 Å². The molecule has 0 spiro atoms. The van der Waals surface area contributed by atoms with Crippen molar-refractivity contribution < 1.29 is 25.9 Å². The summed E-state index contributed by atoms with van der Waals surface area (Å²) in [7, 11) is -8.59. The standard InChI is InChI=1S/C6H13N.C2H6O6S2/c7-6-4-2-1-3-5-6;3-9(4,5)1-2-10(6,7)8/h6H,1-5,7H2;1-2H2,(H,3,4,5)(H,6,7,8). The van der Waals surface area contributed by atoms with E-state index in [1.165, 1.54) is 32.1 Å². The first-order chi connectivity index (χ1) is 7.60. The number of nitrogens with two attached hydrogens (primary N) is 1. The van der Waals surface area contributed by atoms with E-state index in [1.807, 2.05) is 0 Å². The molecule has 0 aromatic carbocycles. The Bertz CT molecular complexity index is 364. The summed E-state index contributed by atoms with van der Waals surface area (Å²) in [5, 5.41) is 0. The molecule has 0 aromatic rings. The van der Waals surface area contributed by atoms with E-state index < -0.39 is 31.7 Å². The van der Waals surface area contributed by atoms with Crippen molar-refractivity contribution in [1.29, 1.82) is 0 Å². The van der Waals surface area contributed by atoms with Gasteiger partial charge in [-0.15, -0.1) is 0 Å². The fraction of sp³-hybridized carbons (Fsp3) is 1.00. The van der Waals surface area contributed by atoms with Crippen LogP contribution in [-0.2, 0) is 20.2 Å². The first-order valence-corrected chi connectivity index (χ1v) is 8.48. The average Bonchev–Trinajstić information content (AvgIpc) is 2.15. The first-order valence-electron chi connectivity index (χ1n) is 5.26. The molecular weight excluding hydrogens is 270 g/mol. The third kappa shape index (κ3) is 13.7. The summed E-state index contributed by atoms with van der Waals surface area (Å²) >= 11 is 0. The lowest BCUT2D eigenvalue weighted by molar-refractivity contribution is 0.441. The van der Waals surface area contributed by atoms with Crippen LogP contribution in [0, 0.1) is 0 Å². The van der Waals surface area contributed by atoms with Gasteiger partial charge < -0.3 is 5.73 Å². The van der Waals surface area contributed by atoms with Gasteiger partial charge in [-0.1, -0.05) is 19.3 Å². The summed E-state index contributed by atoms with van der Waals surface area (Å²) < 4.78 is 55.4. The minimum Gasteiger partial charge on any atom is -0.328 e. The normalized spacial score (nSPS) is 18.3. The summed E-state index contributed by atoms with van der Waals surface area (Å²) in [6, 6.07) is 0.536. The Balaban J connectivity index is 0.000000318. The fourth-order valence-corrected chi connectivity index (χ4v) is 3.03. The van der Waals surface area contributed by atoms with Crippen LogP contribution in [0.15, 0.2) is 0 Å². The van der Waals surface area contributed by atoms with Gasteiger partial charge in [0.15, 0.2) is 0 Å². The van der Waals surface area contributed by atoms with Crippen molar-refractivity contribution >= 4 is 20.2 Å². The van der Waals surface area contributed by atoms with E-state index in [2.05, 4.69) is 0 Å². The molecule has 104 valence electrons. The molecule has 0 aromatic heterocycles. The Labute approximate surface area is 102 Å². The van der Waals surface area contributed by atoms with Gasteiger partial charge in [-0.3, -0.25) is 9.11 Å². The van der Waals surface area contributed by atoms with Crippen molar-refractivity contribution in [3.63, 3.8) is 0 Å². The summed E-state index contributed by atoms with van der Waals surface area (Å²) in [6.45, 7) is 0. The highest BCUT2D eigenvalue weighted by Gasteiger charge is 2.11. The van der Waals surface area contributed by atoms with Gasteiger partial charge in [0.05, 0.1) is 11.5 Å². The fourth-order valence-electron chi connectivity index (χ4n) is 1.34.